The maximum Gasteiger partial charge on any atom is 0.419 e. The normalized spacial score (nSPS) is 23.9. The first-order valence-electron chi connectivity index (χ1n) is 21.4. The van der Waals surface area contributed by atoms with E-state index < -0.39 is 53.3 Å². The van der Waals surface area contributed by atoms with Crippen molar-refractivity contribution in [3.63, 3.8) is 0 Å². The topological polar surface area (TPSA) is 257 Å². The number of sulfonamides is 2. The average Bonchev–Trinajstić information content (AvgIpc) is 3.48. The van der Waals surface area contributed by atoms with Gasteiger partial charge in [0.15, 0.2) is 0 Å². The van der Waals surface area contributed by atoms with E-state index in [-0.39, 0.29) is 46.3 Å². The summed E-state index contributed by atoms with van der Waals surface area (Å²) in [6, 6.07) is 12.7. The third-order valence-corrected chi connectivity index (χ3v) is 16.7. The predicted molar refractivity (Wildman–Crippen MR) is 250 cm³/mol. The van der Waals surface area contributed by atoms with E-state index in [0.717, 1.165) is 41.5 Å². The molecule has 0 radical (unpaired) electrons. The van der Waals surface area contributed by atoms with E-state index in [0.29, 0.717) is 47.8 Å². The summed E-state index contributed by atoms with van der Waals surface area (Å²) >= 11 is 0. The zero-order valence-corrected chi connectivity index (χ0v) is 40.3. The minimum Gasteiger partial charge on any atom is -0.493 e. The van der Waals surface area contributed by atoms with Crippen molar-refractivity contribution in [2.45, 2.75) is 88.0 Å². The number of nitrogen functional groups attached to an aromatic ring is 1. The molecule has 20 nitrogen and oxygen atoms in total. The molecule has 22 heteroatoms. The van der Waals surface area contributed by atoms with Gasteiger partial charge in [-0.1, -0.05) is 6.07 Å². The number of rotatable bonds is 7. The number of pyridine rings is 1. The number of fused-ring (bicyclic) bond motifs is 7. The molecule has 0 aliphatic carbocycles. The second-order valence-corrected chi connectivity index (χ2v) is 22.1. The number of guanidine groups is 2. The number of amides is 1. The van der Waals surface area contributed by atoms with Crippen molar-refractivity contribution < 1.29 is 46.7 Å². The summed E-state index contributed by atoms with van der Waals surface area (Å²) in [6.07, 6.45) is 3.71. The SMILES string of the molecule is COCCOCN(C(=O)OC(C)(C)C)C1=N[C@]2(C)c3cc(N)ccc3OCC[C@@H]2S(=O)(=O)N1C.Cc1cnc2c(Cc3ccc4c(c3)[C@@]3(C)N=C(N)N(C)S(=O)(=O)[C@H]3CCO4)nccc2n1.[2HH]. The van der Waals surface area contributed by atoms with Crippen molar-refractivity contribution in [1.29, 1.82) is 0 Å². The molecule has 66 heavy (non-hydrogen) atoms. The molecule has 4 N–H and O–H groups in total. The Morgan fingerprint density at radius 3 is 2.17 bits per heavy atom. The number of hydrogen-bond acceptors (Lipinski definition) is 17. The number of aliphatic imine (C=N–C) groups is 2. The molecule has 4 atom stereocenters. The quantitative estimate of drug-likeness (QED) is 0.149. The predicted octanol–water partition coefficient (Wildman–Crippen LogP) is 4.25. The summed E-state index contributed by atoms with van der Waals surface area (Å²) in [5.41, 5.74) is 14.7. The molecule has 0 saturated carbocycles. The number of carbonyl (C=O) groups excluding carboxylic acids is 1. The number of ether oxygens (including phenoxy) is 5. The largest absolute Gasteiger partial charge is 0.493 e. The van der Waals surface area contributed by atoms with Gasteiger partial charge in [-0.15, -0.1) is 0 Å². The number of nitrogens with zero attached hydrogens (tertiary/aromatic N) is 8. The van der Waals surface area contributed by atoms with Gasteiger partial charge in [0.25, 0.3) is 0 Å². The van der Waals surface area contributed by atoms with Crippen LogP contribution in [0.5, 0.6) is 11.5 Å². The van der Waals surface area contributed by atoms with E-state index in [1.807, 2.05) is 38.1 Å². The van der Waals surface area contributed by atoms with Gasteiger partial charge in [-0.05, 0) is 83.5 Å². The first-order valence-corrected chi connectivity index (χ1v) is 24.4. The average molecular weight is 954 g/mol. The fraction of sp³-hybridized carbons (Fsp3) is 0.500. The molecule has 6 heterocycles. The third-order valence-electron chi connectivity index (χ3n) is 12.0. The lowest BCUT2D eigenvalue weighted by Gasteiger charge is -2.43. The Balaban J connectivity index is 0.000000218. The molecule has 0 bridgehead atoms. The Morgan fingerprint density at radius 2 is 1.52 bits per heavy atom. The maximum atomic E-state index is 13.7. The molecule has 0 spiro atoms. The number of methoxy groups -OCH3 is 1. The van der Waals surface area contributed by atoms with E-state index in [4.69, 9.17) is 40.1 Å². The molecule has 358 valence electrons. The van der Waals surface area contributed by atoms with E-state index in [9.17, 15) is 21.6 Å². The van der Waals surface area contributed by atoms with Crippen LogP contribution < -0.4 is 20.9 Å². The van der Waals surface area contributed by atoms with Crippen LogP contribution in [0, 0.1) is 6.92 Å². The third kappa shape index (κ3) is 9.14. The number of nitrogens with two attached hydrogens (primary N) is 2. The molecule has 0 unspecified atom stereocenters. The minimum atomic E-state index is -3.95. The fourth-order valence-corrected chi connectivity index (χ4v) is 12.3. The van der Waals surface area contributed by atoms with Crippen LogP contribution in [0.4, 0.5) is 10.5 Å². The molecule has 8 rings (SSSR count). The van der Waals surface area contributed by atoms with Crippen LogP contribution in [0.2, 0.25) is 0 Å². The molecule has 2 aromatic carbocycles. The van der Waals surface area contributed by atoms with Crippen molar-refractivity contribution in [2.24, 2.45) is 15.7 Å². The summed E-state index contributed by atoms with van der Waals surface area (Å²) in [4.78, 5) is 37.3. The molecule has 0 saturated heterocycles. The molecular weight excluding hydrogens is 893 g/mol. The highest BCUT2D eigenvalue weighted by molar-refractivity contribution is 7.90. The summed E-state index contributed by atoms with van der Waals surface area (Å²) in [7, 11) is -3.30. The highest BCUT2D eigenvalue weighted by atomic mass is 32.2. The second-order valence-electron chi connectivity index (χ2n) is 17.8. The molecule has 0 fully saturated rings. The van der Waals surface area contributed by atoms with Crippen molar-refractivity contribution in [1.82, 2.24) is 28.5 Å². The Kier molecular flexibility index (Phi) is 13.2. The smallest absolute Gasteiger partial charge is 0.419 e. The monoisotopic (exact) mass is 953 g/mol. The van der Waals surface area contributed by atoms with Gasteiger partial charge in [0, 0.05) is 71.1 Å². The van der Waals surface area contributed by atoms with Gasteiger partial charge < -0.3 is 35.2 Å². The zero-order chi connectivity index (χ0) is 48.0. The first-order chi connectivity index (χ1) is 31.0. The van der Waals surface area contributed by atoms with E-state index in [2.05, 4.69) is 19.9 Å². The van der Waals surface area contributed by atoms with Gasteiger partial charge >= 0.3 is 6.09 Å². The summed E-state index contributed by atoms with van der Waals surface area (Å²) < 4.78 is 83.7. The first kappa shape index (κ1) is 48.1. The van der Waals surface area contributed by atoms with Crippen molar-refractivity contribution >= 4 is 54.8 Å². The number of hydrogen-bond donors (Lipinski definition) is 2. The van der Waals surface area contributed by atoms with Crippen LogP contribution in [0.3, 0.4) is 0 Å². The number of aryl methyl sites for hydroxylation is 1. The van der Waals surface area contributed by atoms with Crippen molar-refractivity contribution in [3.8, 4) is 11.5 Å². The molecule has 4 aliphatic heterocycles. The Hall–Kier alpha value is -5.84. The number of anilines is 1. The second kappa shape index (κ2) is 18.1. The molecule has 2 aromatic heterocycles. The highest BCUT2D eigenvalue weighted by Gasteiger charge is 2.55. The number of carbonyl (C=O) groups is 1. The van der Waals surface area contributed by atoms with E-state index in [1.54, 1.807) is 58.3 Å². The van der Waals surface area contributed by atoms with E-state index >= 15 is 0 Å². The lowest BCUT2D eigenvalue weighted by molar-refractivity contribution is -0.00423. The summed E-state index contributed by atoms with van der Waals surface area (Å²) in [5, 5.41) is -1.69. The standard InChI is InChI=1S/C22H24N6O3S.C22H34N4O7S.H2/c1-13-12-25-20-16(26-13)6-8-24-17(20)11-14-4-5-18-15(10-14)22(2)19(7-9-31-18)32(29,30)28(3)21(23)27-22;1-21(2,3)33-20(27)26(14-31-12-11-30-6)19-24-22(4)16-13-15(23)7-8-17(16)32-10-9-18(22)34(28,29)25(19)5;/h4-6,8,10,12,19H,7,9,11H2,1-3H3,(H2,23,27);7-8,13,18H,9-12,14,23H2,1-6H3;1H/t19-,22+;18-,22+;/m00./s1/i;;1+1. The minimum absolute atomic E-state index is 0. The maximum absolute atomic E-state index is 13.7. The lowest BCUT2D eigenvalue weighted by atomic mass is 9.86. The van der Waals surface area contributed by atoms with Crippen molar-refractivity contribution in [2.75, 3.05) is 60.1 Å². The van der Waals surface area contributed by atoms with Crippen LogP contribution in [0.25, 0.3) is 11.0 Å². The van der Waals surface area contributed by atoms with Crippen molar-refractivity contribution in [3.05, 3.63) is 82.9 Å². The Labute approximate surface area is 386 Å². The Bertz CT molecular complexity index is 2810. The van der Waals surface area contributed by atoms with Gasteiger partial charge in [-0.3, -0.25) is 9.97 Å². The highest BCUT2D eigenvalue weighted by Crippen LogP contribution is 2.47. The number of aromatic nitrogens is 3. The van der Waals surface area contributed by atoms with Crippen LogP contribution in [-0.4, -0.2) is 134 Å². The summed E-state index contributed by atoms with van der Waals surface area (Å²) in [6.45, 7) is 11.3. The molecule has 1 amide bonds. The number of benzene rings is 2. The van der Waals surface area contributed by atoms with Gasteiger partial charge in [0.2, 0.25) is 32.0 Å². The van der Waals surface area contributed by atoms with Crippen LogP contribution >= 0.6 is 0 Å². The molecule has 4 aliphatic rings. The molecule has 4 aromatic rings. The Morgan fingerprint density at radius 1 is 0.894 bits per heavy atom. The van der Waals surface area contributed by atoms with Gasteiger partial charge in [-0.2, -0.15) is 0 Å². The van der Waals surface area contributed by atoms with Gasteiger partial charge in [-0.25, -0.2) is 50.1 Å². The zero-order valence-electron chi connectivity index (χ0n) is 38.6. The lowest BCUT2D eigenvalue weighted by Crippen LogP contribution is -2.59. The van der Waals surface area contributed by atoms with Crippen LogP contribution in [-0.2, 0) is 51.8 Å². The van der Waals surface area contributed by atoms with Crippen LogP contribution in [0.15, 0.2) is 64.8 Å². The van der Waals surface area contributed by atoms with E-state index in [1.165, 1.54) is 21.2 Å². The van der Waals surface area contributed by atoms with Gasteiger partial charge in [0.1, 0.15) is 50.9 Å². The van der Waals surface area contributed by atoms with Crippen LogP contribution in [0.1, 0.15) is 77.0 Å². The van der Waals surface area contributed by atoms with Gasteiger partial charge in [0.05, 0.1) is 43.3 Å². The molecular formula is C44H60N10O10S2. The fourth-order valence-electron chi connectivity index (χ4n) is 8.55. The summed E-state index contributed by atoms with van der Waals surface area (Å²) in [5.74, 6) is 0.989.